The minimum absolute atomic E-state index is 0.0857. The minimum atomic E-state index is -0.866. The smallest absolute Gasteiger partial charge is 0.255 e. The van der Waals surface area contributed by atoms with Gasteiger partial charge in [-0.2, -0.15) is 0 Å². The van der Waals surface area contributed by atoms with E-state index in [9.17, 15) is 14.7 Å². The molecule has 0 aliphatic heterocycles. The van der Waals surface area contributed by atoms with Crippen molar-refractivity contribution in [2.75, 3.05) is 6.54 Å². The van der Waals surface area contributed by atoms with Crippen molar-refractivity contribution in [3.63, 3.8) is 0 Å². The highest BCUT2D eigenvalue weighted by atomic mass is 16.3. The molecular weight excluding hydrogens is 304 g/mol. The molecule has 0 spiro atoms. The van der Waals surface area contributed by atoms with E-state index in [0.717, 1.165) is 12.8 Å². The van der Waals surface area contributed by atoms with Gasteiger partial charge in [-0.3, -0.25) is 9.59 Å². The number of carbonyl (C=O) groups excluding carboxylic acids is 1. The van der Waals surface area contributed by atoms with Crippen LogP contribution in [0.2, 0.25) is 0 Å². The summed E-state index contributed by atoms with van der Waals surface area (Å²) in [6.45, 7) is 4.52. The van der Waals surface area contributed by atoms with Gasteiger partial charge in [0.15, 0.2) is 0 Å². The number of hydrogen-bond acceptors (Lipinski definition) is 3. The van der Waals surface area contributed by atoms with E-state index in [1.54, 1.807) is 24.3 Å². The molecule has 1 saturated carbocycles. The lowest BCUT2D eigenvalue weighted by molar-refractivity contribution is -0.0361. The van der Waals surface area contributed by atoms with Gasteiger partial charge in [-0.25, -0.2) is 0 Å². The molecule has 0 bridgehead atoms. The van der Waals surface area contributed by atoms with Gasteiger partial charge in [0, 0.05) is 23.5 Å². The van der Waals surface area contributed by atoms with E-state index in [4.69, 9.17) is 0 Å². The summed E-state index contributed by atoms with van der Waals surface area (Å²) in [7, 11) is 0. The SMILES string of the molecule is CC1(C)CCC[C@](O)(CNC(=O)c2c[nH]c(=O)c3ccccc23)C1. The van der Waals surface area contributed by atoms with Crippen LogP contribution in [0.4, 0.5) is 0 Å². The van der Waals surface area contributed by atoms with Crippen molar-refractivity contribution in [3.8, 4) is 0 Å². The average molecular weight is 328 g/mol. The van der Waals surface area contributed by atoms with Crippen LogP contribution in [0.1, 0.15) is 49.9 Å². The van der Waals surface area contributed by atoms with E-state index < -0.39 is 5.60 Å². The Balaban J connectivity index is 1.79. The monoisotopic (exact) mass is 328 g/mol. The lowest BCUT2D eigenvalue weighted by Gasteiger charge is -2.41. The molecule has 1 aromatic heterocycles. The van der Waals surface area contributed by atoms with Crippen LogP contribution in [-0.4, -0.2) is 28.1 Å². The fourth-order valence-electron chi connectivity index (χ4n) is 3.85. The van der Waals surface area contributed by atoms with Crippen molar-refractivity contribution in [2.45, 2.75) is 45.1 Å². The van der Waals surface area contributed by atoms with Crippen molar-refractivity contribution in [1.82, 2.24) is 10.3 Å². The number of aromatic nitrogens is 1. The van der Waals surface area contributed by atoms with Gasteiger partial charge in [0.25, 0.3) is 11.5 Å². The van der Waals surface area contributed by atoms with Crippen molar-refractivity contribution < 1.29 is 9.90 Å². The van der Waals surface area contributed by atoms with Crippen LogP contribution >= 0.6 is 0 Å². The second-order valence-corrected chi connectivity index (χ2v) is 7.68. The molecule has 1 aliphatic carbocycles. The molecule has 5 heteroatoms. The number of amides is 1. The number of nitrogens with one attached hydrogen (secondary N) is 2. The molecule has 3 N–H and O–H groups in total. The third-order valence-corrected chi connectivity index (χ3v) is 4.94. The van der Waals surface area contributed by atoms with E-state index in [1.807, 2.05) is 0 Å². The Bertz CT molecular complexity index is 825. The van der Waals surface area contributed by atoms with Gasteiger partial charge in [-0.15, -0.1) is 0 Å². The first-order valence-electron chi connectivity index (χ1n) is 8.41. The van der Waals surface area contributed by atoms with Gasteiger partial charge in [0.1, 0.15) is 0 Å². The van der Waals surface area contributed by atoms with Crippen LogP contribution in [0.5, 0.6) is 0 Å². The highest BCUT2D eigenvalue weighted by molar-refractivity contribution is 6.06. The van der Waals surface area contributed by atoms with E-state index in [1.165, 1.54) is 6.20 Å². The summed E-state index contributed by atoms with van der Waals surface area (Å²) in [5.41, 5.74) is -0.573. The van der Waals surface area contributed by atoms with Crippen LogP contribution in [0.15, 0.2) is 35.3 Å². The first-order chi connectivity index (χ1) is 11.3. The fourth-order valence-corrected chi connectivity index (χ4v) is 3.85. The largest absolute Gasteiger partial charge is 0.388 e. The molecule has 1 amide bonds. The van der Waals surface area contributed by atoms with E-state index in [-0.39, 0.29) is 23.4 Å². The number of rotatable bonds is 3. The van der Waals surface area contributed by atoms with Gasteiger partial charge in [0.05, 0.1) is 11.2 Å². The molecule has 0 unspecified atom stereocenters. The number of aromatic amines is 1. The summed E-state index contributed by atoms with van der Waals surface area (Å²) in [6, 6.07) is 7.03. The van der Waals surface area contributed by atoms with Gasteiger partial charge in [-0.05, 0) is 37.2 Å². The zero-order valence-electron chi connectivity index (χ0n) is 14.2. The molecule has 1 aromatic carbocycles. The van der Waals surface area contributed by atoms with Crippen molar-refractivity contribution in [3.05, 3.63) is 46.4 Å². The predicted molar refractivity (Wildman–Crippen MR) is 94.1 cm³/mol. The normalized spacial score (nSPS) is 23.1. The second kappa shape index (κ2) is 6.06. The Morgan fingerprint density at radius 1 is 1.25 bits per heavy atom. The first kappa shape index (κ1) is 16.7. The lowest BCUT2D eigenvalue weighted by Crippen LogP contribution is -2.48. The molecule has 2 aromatic rings. The van der Waals surface area contributed by atoms with Crippen molar-refractivity contribution in [2.24, 2.45) is 5.41 Å². The molecule has 0 saturated heterocycles. The van der Waals surface area contributed by atoms with Gasteiger partial charge in [-0.1, -0.05) is 32.0 Å². The molecule has 5 nitrogen and oxygen atoms in total. The summed E-state index contributed by atoms with van der Waals surface area (Å²) in [6.07, 6.45) is 4.86. The minimum Gasteiger partial charge on any atom is -0.388 e. The standard InChI is InChI=1S/C19H24N2O3/c1-18(2)8-5-9-19(24,11-18)12-21-17(23)15-10-20-16(22)14-7-4-3-6-13(14)15/h3-4,6-7,10,24H,5,8-9,11-12H2,1-2H3,(H,20,22)(H,21,23)/t19-/m1/s1. The van der Waals surface area contributed by atoms with Crippen LogP contribution in [-0.2, 0) is 0 Å². The Labute approximate surface area is 141 Å². The fraction of sp³-hybridized carbons (Fsp3) is 0.474. The first-order valence-corrected chi connectivity index (χ1v) is 8.41. The lowest BCUT2D eigenvalue weighted by atomic mass is 9.70. The van der Waals surface area contributed by atoms with E-state index in [2.05, 4.69) is 24.1 Å². The third kappa shape index (κ3) is 3.36. The number of hydrogen-bond donors (Lipinski definition) is 3. The molecule has 24 heavy (non-hydrogen) atoms. The maximum absolute atomic E-state index is 12.6. The molecule has 0 radical (unpaired) electrons. The second-order valence-electron chi connectivity index (χ2n) is 7.68. The number of benzene rings is 1. The average Bonchev–Trinajstić information content (AvgIpc) is 2.52. The number of carbonyl (C=O) groups is 1. The maximum Gasteiger partial charge on any atom is 0.255 e. The van der Waals surface area contributed by atoms with Gasteiger partial charge < -0.3 is 15.4 Å². The highest BCUT2D eigenvalue weighted by Crippen LogP contribution is 2.40. The molecule has 1 aliphatic rings. The van der Waals surface area contributed by atoms with Crippen molar-refractivity contribution in [1.29, 1.82) is 0 Å². The van der Waals surface area contributed by atoms with Crippen LogP contribution in [0.25, 0.3) is 10.8 Å². The van der Waals surface area contributed by atoms with Crippen LogP contribution < -0.4 is 10.9 Å². The Morgan fingerprint density at radius 2 is 1.96 bits per heavy atom. The Kier molecular flexibility index (Phi) is 4.22. The van der Waals surface area contributed by atoms with E-state index in [0.29, 0.717) is 29.2 Å². The Hall–Kier alpha value is -2.14. The molecule has 1 heterocycles. The zero-order valence-corrected chi connectivity index (χ0v) is 14.2. The Morgan fingerprint density at radius 3 is 2.67 bits per heavy atom. The topological polar surface area (TPSA) is 82.2 Å². The maximum atomic E-state index is 12.6. The number of aliphatic hydroxyl groups is 1. The number of fused-ring (bicyclic) bond motifs is 1. The summed E-state index contributed by atoms with van der Waals surface area (Å²) < 4.78 is 0. The molecular formula is C19H24N2O3. The third-order valence-electron chi connectivity index (χ3n) is 4.94. The number of pyridine rings is 1. The van der Waals surface area contributed by atoms with E-state index >= 15 is 0 Å². The van der Waals surface area contributed by atoms with Gasteiger partial charge >= 0.3 is 0 Å². The van der Waals surface area contributed by atoms with Crippen molar-refractivity contribution >= 4 is 16.7 Å². The zero-order chi connectivity index (χ0) is 17.4. The highest BCUT2D eigenvalue weighted by Gasteiger charge is 2.38. The summed E-state index contributed by atoms with van der Waals surface area (Å²) in [4.78, 5) is 27.0. The van der Waals surface area contributed by atoms with Crippen LogP contribution in [0.3, 0.4) is 0 Å². The quantitative estimate of drug-likeness (QED) is 0.810. The molecule has 1 atom stereocenters. The summed E-state index contributed by atoms with van der Waals surface area (Å²) in [5.74, 6) is -0.278. The molecule has 3 rings (SSSR count). The van der Waals surface area contributed by atoms with Crippen LogP contribution in [0, 0.1) is 5.41 Å². The number of H-pyrrole nitrogens is 1. The summed E-state index contributed by atoms with van der Waals surface area (Å²) >= 11 is 0. The molecule has 128 valence electrons. The summed E-state index contributed by atoms with van der Waals surface area (Å²) in [5, 5.41) is 14.7. The predicted octanol–water partition coefficient (Wildman–Crippen LogP) is 2.59. The van der Waals surface area contributed by atoms with Gasteiger partial charge in [0.2, 0.25) is 0 Å². The molecule has 1 fully saturated rings.